The first-order valence-corrected chi connectivity index (χ1v) is 9.41. The van der Waals surface area contributed by atoms with Crippen molar-refractivity contribution >= 4 is 17.9 Å². The van der Waals surface area contributed by atoms with Crippen molar-refractivity contribution in [3.8, 4) is 0 Å². The summed E-state index contributed by atoms with van der Waals surface area (Å²) < 4.78 is 5.06. The Morgan fingerprint density at radius 1 is 1.32 bits per heavy atom. The fourth-order valence-corrected chi connectivity index (χ4v) is 3.36. The molecule has 2 fully saturated rings. The number of piperidine rings is 1. The van der Waals surface area contributed by atoms with Gasteiger partial charge in [0, 0.05) is 38.0 Å². The van der Waals surface area contributed by atoms with Crippen molar-refractivity contribution in [2.45, 2.75) is 52.5 Å². The number of carbonyl (C=O) groups is 3. The summed E-state index contributed by atoms with van der Waals surface area (Å²) in [6.45, 7) is 7.89. The number of hydrogen-bond donors (Lipinski definition) is 2. The molecule has 1 saturated heterocycles. The van der Waals surface area contributed by atoms with Crippen molar-refractivity contribution < 1.29 is 19.1 Å². The summed E-state index contributed by atoms with van der Waals surface area (Å²) in [7, 11) is 0. The third-order valence-electron chi connectivity index (χ3n) is 5.18. The van der Waals surface area contributed by atoms with E-state index in [9.17, 15) is 14.4 Å². The number of likely N-dealkylation sites (tertiary alicyclic amines) is 1. The molecule has 2 aliphatic rings. The van der Waals surface area contributed by atoms with Gasteiger partial charge < -0.3 is 20.3 Å². The smallest absolute Gasteiger partial charge is 0.409 e. The molecule has 7 nitrogen and oxygen atoms in total. The van der Waals surface area contributed by atoms with Crippen molar-refractivity contribution in [3.05, 3.63) is 0 Å². The molecule has 2 N–H and O–H groups in total. The Morgan fingerprint density at radius 2 is 2.04 bits per heavy atom. The average Bonchev–Trinajstić information content (AvgIpc) is 3.32. The predicted octanol–water partition coefficient (Wildman–Crippen LogP) is 1.52. The number of carbonyl (C=O) groups excluding carboxylic acids is 3. The maximum atomic E-state index is 12.1. The second-order valence-corrected chi connectivity index (χ2v) is 7.26. The normalized spacial score (nSPS) is 26.5. The summed E-state index contributed by atoms with van der Waals surface area (Å²) in [5.74, 6) is 0.834. The Kier molecular flexibility index (Phi) is 7.08. The molecule has 1 aliphatic heterocycles. The Morgan fingerprint density at radius 3 is 2.68 bits per heavy atom. The van der Waals surface area contributed by atoms with E-state index in [0.717, 1.165) is 19.3 Å². The van der Waals surface area contributed by atoms with E-state index < -0.39 is 0 Å². The minimum Gasteiger partial charge on any atom is -0.450 e. The van der Waals surface area contributed by atoms with E-state index in [0.29, 0.717) is 32.2 Å². The van der Waals surface area contributed by atoms with Crippen LogP contribution in [0.5, 0.6) is 0 Å². The second kappa shape index (κ2) is 9.06. The molecule has 0 spiro atoms. The van der Waals surface area contributed by atoms with Gasteiger partial charge in [0.15, 0.2) is 0 Å². The third-order valence-corrected chi connectivity index (χ3v) is 5.18. The number of nitrogens with zero attached hydrogens (tertiary/aromatic N) is 1. The summed E-state index contributed by atoms with van der Waals surface area (Å²) >= 11 is 0. The SMILES string of the molecule is CCOC(=O)N1CCC[C@H]([C@H](C)NC(=O)CCNC(=O)[C@@H]2C[C@H]2C)C1. The highest BCUT2D eigenvalue weighted by Crippen LogP contribution is 2.37. The molecule has 1 heterocycles. The lowest BCUT2D eigenvalue weighted by Gasteiger charge is -2.35. The molecule has 4 atom stereocenters. The molecule has 25 heavy (non-hydrogen) atoms. The van der Waals surface area contributed by atoms with Gasteiger partial charge in [-0.1, -0.05) is 6.92 Å². The zero-order valence-corrected chi connectivity index (χ0v) is 15.5. The molecule has 7 heteroatoms. The van der Waals surface area contributed by atoms with Crippen LogP contribution in [0.25, 0.3) is 0 Å². The van der Waals surface area contributed by atoms with E-state index >= 15 is 0 Å². The van der Waals surface area contributed by atoms with E-state index in [1.165, 1.54) is 0 Å². The monoisotopic (exact) mass is 353 g/mol. The molecule has 3 amide bonds. The Bertz CT molecular complexity index is 497. The van der Waals surface area contributed by atoms with Crippen LogP contribution < -0.4 is 10.6 Å². The molecular weight excluding hydrogens is 322 g/mol. The van der Waals surface area contributed by atoms with Gasteiger partial charge in [0.1, 0.15) is 0 Å². The largest absolute Gasteiger partial charge is 0.450 e. The van der Waals surface area contributed by atoms with Gasteiger partial charge in [-0.15, -0.1) is 0 Å². The number of rotatable bonds is 7. The number of ether oxygens (including phenoxy) is 1. The van der Waals surface area contributed by atoms with Gasteiger partial charge in [-0.2, -0.15) is 0 Å². The van der Waals surface area contributed by atoms with E-state index in [4.69, 9.17) is 4.74 Å². The maximum absolute atomic E-state index is 12.1. The van der Waals surface area contributed by atoms with Crippen molar-refractivity contribution in [2.24, 2.45) is 17.8 Å². The van der Waals surface area contributed by atoms with Crippen LogP contribution in [-0.2, 0) is 14.3 Å². The molecule has 1 aliphatic carbocycles. The quantitative estimate of drug-likeness (QED) is 0.726. The van der Waals surface area contributed by atoms with Crippen molar-refractivity contribution in [1.29, 1.82) is 0 Å². The Balaban J connectivity index is 1.67. The van der Waals surface area contributed by atoms with Crippen LogP contribution in [0, 0.1) is 17.8 Å². The van der Waals surface area contributed by atoms with Crippen LogP contribution in [0.1, 0.15) is 46.5 Å². The average molecular weight is 353 g/mol. The number of hydrogen-bond acceptors (Lipinski definition) is 4. The lowest BCUT2D eigenvalue weighted by molar-refractivity contribution is -0.123. The molecule has 0 unspecified atom stereocenters. The zero-order valence-electron chi connectivity index (χ0n) is 15.5. The van der Waals surface area contributed by atoms with Crippen molar-refractivity contribution in [2.75, 3.05) is 26.2 Å². The Labute approximate surface area is 149 Å². The summed E-state index contributed by atoms with van der Waals surface area (Å²) in [5, 5.41) is 5.82. The van der Waals surface area contributed by atoms with Gasteiger partial charge in [-0.3, -0.25) is 9.59 Å². The molecule has 142 valence electrons. The van der Waals surface area contributed by atoms with Gasteiger partial charge >= 0.3 is 6.09 Å². The zero-order chi connectivity index (χ0) is 18.4. The minimum absolute atomic E-state index is 0.0103. The van der Waals surface area contributed by atoms with Gasteiger partial charge in [0.05, 0.1) is 6.61 Å². The van der Waals surface area contributed by atoms with Gasteiger partial charge in [-0.05, 0) is 44.9 Å². The minimum atomic E-state index is -0.275. The fraction of sp³-hybridized carbons (Fsp3) is 0.833. The van der Waals surface area contributed by atoms with Gasteiger partial charge in [0.2, 0.25) is 11.8 Å². The number of amides is 3. The molecular formula is C18H31N3O4. The highest BCUT2D eigenvalue weighted by Gasteiger charge is 2.38. The van der Waals surface area contributed by atoms with E-state index in [1.807, 2.05) is 6.92 Å². The highest BCUT2D eigenvalue weighted by molar-refractivity contribution is 5.82. The molecule has 0 aromatic heterocycles. The molecule has 0 aromatic rings. The van der Waals surface area contributed by atoms with Crippen LogP contribution in [0.2, 0.25) is 0 Å². The first-order chi connectivity index (χ1) is 11.9. The number of nitrogens with one attached hydrogen (secondary N) is 2. The summed E-state index contributed by atoms with van der Waals surface area (Å²) in [6.07, 6.45) is 2.86. The van der Waals surface area contributed by atoms with Crippen LogP contribution in [0.15, 0.2) is 0 Å². The highest BCUT2D eigenvalue weighted by atomic mass is 16.6. The molecule has 1 saturated carbocycles. The van der Waals surface area contributed by atoms with Crippen LogP contribution in [0.4, 0.5) is 4.79 Å². The van der Waals surface area contributed by atoms with Gasteiger partial charge in [0.25, 0.3) is 0 Å². The maximum Gasteiger partial charge on any atom is 0.409 e. The summed E-state index contributed by atoms with van der Waals surface area (Å²) in [6, 6.07) is -0.0103. The van der Waals surface area contributed by atoms with Crippen LogP contribution in [-0.4, -0.2) is 55.1 Å². The molecule has 0 aromatic carbocycles. The van der Waals surface area contributed by atoms with Crippen LogP contribution >= 0.6 is 0 Å². The van der Waals surface area contributed by atoms with E-state index in [1.54, 1.807) is 11.8 Å². The van der Waals surface area contributed by atoms with Crippen LogP contribution in [0.3, 0.4) is 0 Å². The Hall–Kier alpha value is -1.79. The second-order valence-electron chi connectivity index (χ2n) is 7.26. The first-order valence-electron chi connectivity index (χ1n) is 9.41. The van der Waals surface area contributed by atoms with Gasteiger partial charge in [-0.25, -0.2) is 4.79 Å². The predicted molar refractivity (Wildman–Crippen MR) is 93.8 cm³/mol. The standard InChI is InChI=1S/C18H31N3O4/c1-4-25-18(24)21-9-5-6-14(11-21)13(3)20-16(22)7-8-19-17(23)15-10-12(15)2/h12-15H,4-11H2,1-3H3,(H,19,23)(H,20,22)/t12-,13+,14+,15-/m1/s1. The lowest BCUT2D eigenvalue weighted by Crippen LogP contribution is -2.48. The summed E-state index contributed by atoms with van der Waals surface area (Å²) in [4.78, 5) is 37.4. The molecule has 0 bridgehead atoms. The molecule has 0 radical (unpaired) electrons. The molecule has 2 rings (SSSR count). The third kappa shape index (κ3) is 5.90. The van der Waals surface area contributed by atoms with E-state index in [-0.39, 0.29) is 42.2 Å². The summed E-state index contributed by atoms with van der Waals surface area (Å²) in [5.41, 5.74) is 0. The van der Waals surface area contributed by atoms with Crippen molar-refractivity contribution in [1.82, 2.24) is 15.5 Å². The van der Waals surface area contributed by atoms with Crippen molar-refractivity contribution in [3.63, 3.8) is 0 Å². The fourth-order valence-electron chi connectivity index (χ4n) is 3.36. The first kappa shape index (κ1) is 19.5. The topological polar surface area (TPSA) is 87.7 Å². The lowest BCUT2D eigenvalue weighted by atomic mass is 9.91. The van der Waals surface area contributed by atoms with E-state index in [2.05, 4.69) is 17.6 Å².